The van der Waals surface area contributed by atoms with Crippen molar-refractivity contribution in [1.82, 2.24) is 15.5 Å². The van der Waals surface area contributed by atoms with Gasteiger partial charge in [-0.3, -0.25) is 4.99 Å². The molecule has 2 aliphatic rings. The van der Waals surface area contributed by atoms with Crippen LogP contribution in [0.2, 0.25) is 4.34 Å². The summed E-state index contributed by atoms with van der Waals surface area (Å²) in [6.07, 6.45) is 4.50. The van der Waals surface area contributed by atoms with Crippen LogP contribution in [0.3, 0.4) is 0 Å². The number of hydrogen-bond donors (Lipinski definition) is 3. The first kappa shape index (κ1) is 20.2. The second-order valence-electron chi connectivity index (χ2n) is 6.30. The zero-order valence-corrected chi connectivity index (χ0v) is 17.8. The van der Waals surface area contributed by atoms with Gasteiger partial charge >= 0.3 is 0 Å². The van der Waals surface area contributed by atoms with Crippen LogP contribution >= 0.6 is 46.9 Å². The summed E-state index contributed by atoms with van der Waals surface area (Å²) in [6, 6.07) is 5.00. The summed E-state index contributed by atoms with van der Waals surface area (Å²) < 4.78 is 0.698. The first-order chi connectivity index (χ1) is 11.2. The van der Waals surface area contributed by atoms with Crippen molar-refractivity contribution in [3.8, 4) is 0 Å². The molecule has 0 radical (unpaired) electrons. The van der Waals surface area contributed by atoms with E-state index in [-0.39, 0.29) is 24.0 Å². The van der Waals surface area contributed by atoms with Gasteiger partial charge in [-0.15, -0.1) is 35.3 Å². The van der Waals surface area contributed by atoms with Gasteiger partial charge in [0.15, 0.2) is 5.96 Å². The zero-order chi connectivity index (χ0) is 16.2. The molecule has 1 aromatic rings. The largest absolute Gasteiger partial charge is 0.386 e. The molecule has 0 amide bonds. The molecule has 2 fully saturated rings. The lowest BCUT2D eigenvalue weighted by Crippen LogP contribution is -2.49. The summed E-state index contributed by atoms with van der Waals surface area (Å²) in [7, 11) is 1.77. The van der Waals surface area contributed by atoms with Crippen molar-refractivity contribution in [3.63, 3.8) is 0 Å². The Hall–Kier alpha value is -0.0900. The number of nitrogens with zero attached hydrogens (tertiary/aromatic N) is 2. The number of hydrogen-bond acceptors (Lipinski definition) is 4. The molecule has 136 valence electrons. The molecule has 1 unspecified atom stereocenters. The van der Waals surface area contributed by atoms with E-state index in [9.17, 15) is 5.11 Å². The molecular weight excluding hydrogens is 459 g/mol. The van der Waals surface area contributed by atoms with Crippen LogP contribution in [0, 0.1) is 0 Å². The lowest BCUT2D eigenvalue weighted by atomic mass is 10.1. The summed E-state index contributed by atoms with van der Waals surface area (Å²) in [6.45, 7) is 2.78. The first-order valence-electron chi connectivity index (χ1n) is 8.30. The van der Waals surface area contributed by atoms with Crippen LogP contribution in [0.1, 0.15) is 36.7 Å². The van der Waals surface area contributed by atoms with E-state index in [1.807, 2.05) is 12.1 Å². The fourth-order valence-corrected chi connectivity index (χ4v) is 4.08. The Balaban J connectivity index is 0.00000208. The molecule has 1 aliphatic carbocycles. The Labute approximate surface area is 169 Å². The first-order valence-corrected chi connectivity index (χ1v) is 9.49. The van der Waals surface area contributed by atoms with E-state index in [0.717, 1.165) is 29.7 Å². The Kier molecular flexibility index (Phi) is 8.06. The van der Waals surface area contributed by atoms with Crippen molar-refractivity contribution >= 4 is 52.9 Å². The molecule has 1 atom stereocenters. The summed E-state index contributed by atoms with van der Waals surface area (Å²) in [5, 5.41) is 16.9. The van der Waals surface area contributed by atoms with Crippen molar-refractivity contribution in [2.24, 2.45) is 4.99 Å². The average molecular weight is 485 g/mol. The van der Waals surface area contributed by atoms with Gasteiger partial charge in [-0.1, -0.05) is 11.6 Å². The summed E-state index contributed by atoms with van der Waals surface area (Å²) >= 11 is 7.32. The third-order valence-electron chi connectivity index (χ3n) is 4.54. The quantitative estimate of drug-likeness (QED) is 0.342. The van der Waals surface area contributed by atoms with Crippen molar-refractivity contribution in [1.29, 1.82) is 0 Å². The molecule has 3 rings (SSSR count). The average Bonchev–Trinajstić information content (AvgIpc) is 3.32. The molecule has 5 nitrogen and oxygen atoms in total. The number of halogens is 2. The highest BCUT2D eigenvalue weighted by Gasteiger charge is 2.31. The Bertz CT molecular complexity index is 544. The van der Waals surface area contributed by atoms with Crippen molar-refractivity contribution < 1.29 is 5.11 Å². The molecule has 2 heterocycles. The monoisotopic (exact) mass is 484 g/mol. The molecule has 1 aliphatic heterocycles. The van der Waals surface area contributed by atoms with Gasteiger partial charge < -0.3 is 20.6 Å². The third kappa shape index (κ3) is 5.72. The fourth-order valence-electron chi connectivity index (χ4n) is 3.04. The van der Waals surface area contributed by atoms with Crippen LogP contribution < -0.4 is 10.6 Å². The van der Waals surface area contributed by atoms with Gasteiger partial charge in [0, 0.05) is 43.6 Å². The normalized spacial score (nSPS) is 21.2. The minimum absolute atomic E-state index is 0. The molecule has 8 heteroatoms. The molecule has 1 saturated carbocycles. The lowest BCUT2D eigenvalue weighted by Gasteiger charge is -2.33. The highest BCUT2D eigenvalue weighted by molar-refractivity contribution is 14.0. The predicted octanol–water partition coefficient (Wildman–Crippen LogP) is 2.84. The number of likely N-dealkylation sites (tertiary alicyclic amines) is 1. The van der Waals surface area contributed by atoms with Gasteiger partial charge in [-0.05, 0) is 37.8 Å². The van der Waals surface area contributed by atoms with Gasteiger partial charge in [0.25, 0.3) is 0 Å². The van der Waals surface area contributed by atoms with E-state index in [1.54, 1.807) is 7.05 Å². The van der Waals surface area contributed by atoms with Crippen LogP contribution in [0.4, 0.5) is 0 Å². The minimum Gasteiger partial charge on any atom is -0.386 e. The molecule has 0 bridgehead atoms. The molecular formula is C16H26ClIN4OS. The van der Waals surface area contributed by atoms with E-state index < -0.39 is 6.10 Å². The topological polar surface area (TPSA) is 59.9 Å². The van der Waals surface area contributed by atoms with Crippen LogP contribution in [0.25, 0.3) is 0 Å². The van der Waals surface area contributed by atoms with Gasteiger partial charge in [0.2, 0.25) is 0 Å². The number of piperidine rings is 1. The SMILES string of the molecule is CN=C(NCC(O)c1ccc(Cl)s1)NC1CCN(C2CC2)CC1.I. The molecule has 0 aromatic carbocycles. The summed E-state index contributed by atoms with van der Waals surface area (Å²) in [4.78, 5) is 7.75. The molecule has 1 saturated heterocycles. The van der Waals surface area contributed by atoms with E-state index in [0.29, 0.717) is 16.9 Å². The van der Waals surface area contributed by atoms with Crippen molar-refractivity contribution in [3.05, 3.63) is 21.3 Å². The third-order valence-corrected chi connectivity index (χ3v) is 5.87. The second kappa shape index (κ2) is 9.56. The Morgan fingerprint density at radius 3 is 2.62 bits per heavy atom. The van der Waals surface area contributed by atoms with Crippen LogP contribution in [0.5, 0.6) is 0 Å². The Morgan fingerprint density at radius 2 is 2.08 bits per heavy atom. The highest BCUT2D eigenvalue weighted by Crippen LogP contribution is 2.29. The van der Waals surface area contributed by atoms with Crippen LogP contribution in [-0.4, -0.2) is 54.7 Å². The number of aliphatic hydroxyl groups is 1. The number of aliphatic hydroxyl groups excluding tert-OH is 1. The molecule has 24 heavy (non-hydrogen) atoms. The number of rotatable bonds is 5. The van der Waals surface area contributed by atoms with E-state index in [4.69, 9.17) is 11.6 Å². The minimum atomic E-state index is -0.567. The number of aliphatic imine (C=N–C) groups is 1. The van der Waals surface area contributed by atoms with Gasteiger partial charge in [0.05, 0.1) is 4.34 Å². The molecule has 0 spiro atoms. The fraction of sp³-hybridized carbons (Fsp3) is 0.688. The number of thiophene rings is 1. The maximum Gasteiger partial charge on any atom is 0.191 e. The maximum absolute atomic E-state index is 10.2. The molecule has 3 N–H and O–H groups in total. The van der Waals surface area contributed by atoms with Crippen LogP contribution in [-0.2, 0) is 0 Å². The second-order valence-corrected chi connectivity index (χ2v) is 8.04. The number of nitrogens with one attached hydrogen (secondary N) is 2. The van der Waals surface area contributed by atoms with E-state index in [1.165, 1.54) is 37.3 Å². The smallest absolute Gasteiger partial charge is 0.191 e. The maximum atomic E-state index is 10.2. The Morgan fingerprint density at radius 1 is 1.38 bits per heavy atom. The van der Waals surface area contributed by atoms with Crippen molar-refractivity contribution in [2.75, 3.05) is 26.7 Å². The summed E-state index contributed by atoms with van der Waals surface area (Å²) in [5.41, 5.74) is 0. The number of guanidine groups is 1. The van der Waals surface area contributed by atoms with Gasteiger partial charge in [0.1, 0.15) is 6.10 Å². The van der Waals surface area contributed by atoms with Crippen molar-refractivity contribution in [2.45, 2.75) is 43.9 Å². The molecule has 1 aromatic heterocycles. The van der Waals surface area contributed by atoms with E-state index >= 15 is 0 Å². The zero-order valence-electron chi connectivity index (χ0n) is 13.9. The standard InChI is InChI=1S/C16H25ClN4OS.HI/c1-18-16(19-10-13(22)14-4-5-15(17)23-14)20-11-6-8-21(9-7-11)12-2-3-12;/h4-5,11-13,22H,2-3,6-10H2,1H3,(H2,18,19,20);1H. The van der Waals surface area contributed by atoms with Crippen LogP contribution in [0.15, 0.2) is 17.1 Å². The summed E-state index contributed by atoms with van der Waals surface area (Å²) in [5.74, 6) is 0.761. The van der Waals surface area contributed by atoms with Gasteiger partial charge in [-0.2, -0.15) is 0 Å². The predicted molar refractivity (Wildman–Crippen MR) is 112 cm³/mol. The van der Waals surface area contributed by atoms with E-state index in [2.05, 4.69) is 20.5 Å². The lowest BCUT2D eigenvalue weighted by molar-refractivity contribution is 0.183. The highest BCUT2D eigenvalue weighted by atomic mass is 127. The van der Waals surface area contributed by atoms with Gasteiger partial charge in [-0.25, -0.2) is 0 Å².